The molecule has 18 atom stereocenters. The fraction of sp³-hybridized carbons (Fsp3) is 0.579. The maximum atomic E-state index is 14.7. The maximum Gasteiger partial charge on any atom is 0.510 e. The summed E-state index contributed by atoms with van der Waals surface area (Å²) >= 11 is 6.46. The van der Waals surface area contributed by atoms with Crippen LogP contribution in [0.5, 0.6) is 0 Å². The Morgan fingerprint density at radius 3 is 1.06 bits per heavy atom. The van der Waals surface area contributed by atoms with Crippen LogP contribution in [0.1, 0.15) is 87.2 Å². The number of phosphoric ester groups is 2. The van der Waals surface area contributed by atoms with Crippen molar-refractivity contribution >= 4 is 120 Å². The van der Waals surface area contributed by atoms with Crippen LogP contribution in [-0.2, 0) is 117 Å². The number of aliphatic hydroxyl groups is 6. The SMILES string of the molecule is C#C[C@@]1(O)[C@H](O)[C@@](CF)(COP(=O)(OCOC(=O)OC(C)C)OCOC(=O)OC(C)C)O[C@H]1n1cnc2c(N)ncnc21.C#C[C@@]1(O)[C@H](O)[C@](CO)(CF)O[C@H]1n1cnc2c(N)ncnc21.C#C[C@@]12OC(C)O[C@@H]1[C@@](CCl)(COP(=O)(OCOC(=O)OC(C)C)OCOC(=O)OC(C)C)O[C@H]2n1cnc2c(N)ncnc21.C#C[C@@]12OC(OC)O[C@@H]1[C@](CO)(CF)O[C@H]2n1cnc2c(N)ncnc21. The van der Waals surface area contributed by atoms with Crippen molar-refractivity contribution in [2.45, 2.75) is 194 Å². The average molecular weight is 2000 g/mol. The van der Waals surface area contributed by atoms with E-state index in [-0.39, 0.29) is 62.6 Å². The first-order valence-corrected chi connectivity index (χ1v) is 43.6. The van der Waals surface area contributed by atoms with E-state index in [0.29, 0.717) is 11.2 Å². The molecule has 6 aliphatic rings. The van der Waals surface area contributed by atoms with Crippen LogP contribution in [0.4, 0.5) is 55.6 Å². The number of ether oxygens (including phenoxy) is 17. The van der Waals surface area contributed by atoms with Gasteiger partial charge in [0.05, 0.1) is 82.0 Å². The van der Waals surface area contributed by atoms with Gasteiger partial charge in [-0.25, -0.2) is 119 Å². The number of hydrogen-bond acceptors (Lipinski definition) is 51. The molecule has 14 N–H and O–H groups in total. The summed E-state index contributed by atoms with van der Waals surface area (Å²) in [6.45, 7) is 1.75. The highest BCUT2D eigenvalue weighted by atomic mass is 35.5. The van der Waals surface area contributed by atoms with E-state index in [4.69, 9.17) is 158 Å². The lowest BCUT2D eigenvalue weighted by Crippen LogP contribution is -2.53. The zero-order chi connectivity index (χ0) is 100. The Labute approximate surface area is 777 Å². The van der Waals surface area contributed by atoms with Gasteiger partial charge in [-0.05, 0) is 62.3 Å². The Kier molecular flexibility index (Phi) is 33.4. The molecule has 137 heavy (non-hydrogen) atoms. The number of nitrogens with zero attached hydrogens (tertiary/aromatic N) is 16. The van der Waals surface area contributed by atoms with Gasteiger partial charge in [0.2, 0.25) is 38.4 Å². The van der Waals surface area contributed by atoms with Gasteiger partial charge in [-0.3, -0.25) is 27.3 Å². The molecule has 14 heterocycles. The van der Waals surface area contributed by atoms with Crippen molar-refractivity contribution < 1.29 is 180 Å². The number of nitrogen functional groups attached to an aromatic ring is 4. The first-order chi connectivity index (χ1) is 65.0. The predicted molar refractivity (Wildman–Crippen MR) is 450 cm³/mol. The van der Waals surface area contributed by atoms with Gasteiger partial charge >= 0.3 is 40.3 Å². The molecule has 61 heteroatoms. The van der Waals surface area contributed by atoms with E-state index in [1.807, 2.05) is 11.8 Å². The van der Waals surface area contributed by atoms with Gasteiger partial charge in [-0.15, -0.1) is 37.3 Å². The number of terminal acetylenes is 4. The van der Waals surface area contributed by atoms with Crippen LogP contribution in [0, 0.1) is 49.4 Å². The van der Waals surface area contributed by atoms with E-state index in [9.17, 15) is 72.1 Å². The molecule has 0 saturated carbocycles. The van der Waals surface area contributed by atoms with Crippen LogP contribution in [0.25, 0.3) is 44.7 Å². The zero-order valence-corrected chi connectivity index (χ0v) is 76.4. The first-order valence-electron chi connectivity index (χ1n) is 40.2. The van der Waals surface area contributed by atoms with Crippen molar-refractivity contribution in [2.75, 3.05) is 110 Å². The highest BCUT2D eigenvalue weighted by Gasteiger charge is 2.73. The lowest BCUT2D eigenvalue weighted by atomic mass is 9.87. The van der Waals surface area contributed by atoms with Gasteiger partial charge in [-0.1, -0.05) is 23.7 Å². The highest BCUT2D eigenvalue weighted by molar-refractivity contribution is 7.48. The third-order valence-corrected chi connectivity index (χ3v) is 23.6. The number of rotatable bonds is 33. The van der Waals surface area contributed by atoms with E-state index < -0.39 is 245 Å². The lowest BCUT2D eigenvalue weighted by Gasteiger charge is -2.32. The fourth-order valence-corrected chi connectivity index (χ4v) is 16.4. The average Bonchev–Trinajstić information content (AvgIpc) is 1.54. The summed E-state index contributed by atoms with van der Waals surface area (Å²) in [6.07, 6.45) is 13.1. The Hall–Kier alpha value is -11.6. The minimum Gasteiger partial charge on any atom is -0.432 e. The Bertz CT molecular complexity index is 5840. The molecule has 2 unspecified atom stereocenters. The summed E-state index contributed by atoms with van der Waals surface area (Å²) in [5.41, 5.74) is 8.84. The van der Waals surface area contributed by atoms with Crippen LogP contribution < -0.4 is 22.9 Å². The molecule has 0 radical (unpaired) electrons. The van der Waals surface area contributed by atoms with Crippen LogP contribution in [0.2, 0.25) is 0 Å². The maximum absolute atomic E-state index is 14.7. The standard InChI is InChI=1S/C25H33ClN5O13P.C23H31FN5O13P.C15H16FN5O5.C13H14FN5O4/c1-7-25-20(42-16(6)43-25)24(8-26,44-21(25)31-11-30-17-18(27)28-10-29-19(17)31)9-37-45(34,38-12-35-22(32)40-14(2)3)39-13-36-23(33)41-15(4)5;1-6-23(33)18(30)22(7-24,42-19(23)29-10-28-15-16(25)26-9-27-17(15)29)8-37-43(34,38-11-35-20(31)40-13(2)3)39-12-36-21(32)41-14(4)5;1-3-15-11(24-13(23-2)26-15)14(4-16,5-22)25-12(15)21-7-20-8-9(17)18-6-19-10(8)21;1-2-13(22)10(21)12(3-14,4-20)23-11(13)19-6-18-7-8(15)16-5-17-9(7)19/h1,10-11,14-16,20-21H,8-9,12-13H2,2-6H3,(H2,27,28,29);1,9-10,13-14,18-19,30,33H,7-8,11-12H2,2-5H3,(H2,25,26,27);1,6-7,11-13,22H,4-5H2,2H3,(H2,17,18,19);1,5-6,10-11,20-22H,3-4H2,(H2,15,16,17)/t16?,20-,21-,24-,25-;18-,19-,22-,23-;11-,12-,13?,14-,15-;10-,11-,12-,13-/m1111/s1. The van der Waals surface area contributed by atoms with Gasteiger partial charge in [0.15, 0.2) is 105 Å². The van der Waals surface area contributed by atoms with Gasteiger partial charge in [0, 0.05) is 7.11 Å². The summed E-state index contributed by atoms with van der Waals surface area (Å²) in [6, 6.07) is 0. The third-order valence-electron chi connectivity index (χ3n) is 20.6. The summed E-state index contributed by atoms with van der Waals surface area (Å²) in [4.78, 5) is 95.2. The number of aromatic nitrogens is 16. The molecular weight excluding hydrogens is 1910 g/mol. The molecule has 0 amide bonds. The number of carbonyl (C=O) groups is 4. The summed E-state index contributed by atoms with van der Waals surface area (Å²) in [5, 5.41) is 62.4. The molecule has 8 aromatic rings. The second-order valence-electron chi connectivity index (χ2n) is 31.0. The topological polar surface area (TPSA) is 715 Å². The molecule has 55 nitrogen and oxygen atoms in total. The highest BCUT2D eigenvalue weighted by Crippen LogP contribution is 2.59. The summed E-state index contributed by atoms with van der Waals surface area (Å²) < 4.78 is 195. The second kappa shape index (κ2) is 43.2. The van der Waals surface area contributed by atoms with Crippen molar-refractivity contribution in [1.82, 2.24) is 78.1 Å². The van der Waals surface area contributed by atoms with Gasteiger partial charge in [0.1, 0.15) is 97.4 Å². The van der Waals surface area contributed by atoms with E-state index >= 15 is 0 Å². The zero-order valence-electron chi connectivity index (χ0n) is 73.9. The Morgan fingerprint density at radius 1 is 0.453 bits per heavy atom. The van der Waals surface area contributed by atoms with E-state index in [1.165, 1.54) is 86.5 Å². The number of aliphatic hydroxyl groups excluding tert-OH is 4. The molecular formula is C76H94ClF3N20O35P2. The first kappa shape index (κ1) is 106. The number of fused-ring (bicyclic) bond motifs is 6. The molecule has 746 valence electrons. The quantitative estimate of drug-likeness (QED) is 0.00705. The molecule has 0 spiro atoms. The van der Waals surface area contributed by atoms with E-state index in [2.05, 4.69) is 81.1 Å². The summed E-state index contributed by atoms with van der Waals surface area (Å²) in [5.74, 6) is 9.09. The van der Waals surface area contributed by atoms with Gasteiger partial charge < -0.3 is 134 Å². The fourth-order valence-electron chi connectivity index (χ4n) is 14.2. The minimum absolute atomic E-state index is 0.0159. The third kappa shape index (κ3) is 21.2. The van der Waals surface area contributed by atoms with Gasteiger partial charge in [-0.2, -0.15) is 0 Å². The van der Waals surface area contributed by atoms with Crippen molar-refractivity contribution in [3.63, 3.8) is 0 Å². The monoisotopic (exact) mass is 2000 g/mol. The smallest absolute Gasteiger partial charge is 0.432 e. The Balaban J connectivity index is 0.000000181. The molecule has 6 fully saturated rings. The lowest BCUT2D eigenvalue weighted by molar-refractivity contribution is -0.278. The normalized spacial score (nSPS) is 28.6. The Morgan fingerprint density at radius 2 is 0.752 bits per heavy atom. The number of hydrogen-bond donors (Lipinski definition) is 10. The van der Waals surface area contributed by atoms with Gasteiger partial charge in [0.25, 0.3) is 6.48 Å². The number of phosphoric acid groups is 2. The van der Waals surface area contributed by atoms with Crippen LogP contribution in [0.3, 0.4) is 0 Å². The molecule has 0 bridgehead atoms. The number of imidazole rings is 4. The van der Waals surface area contributed by atoms with Crippen molar-refractivity contribution in [3.8, 4) is 49.4 Å². The van der Waals surface area contributed by atoms with Crippen molar-refractivity contribution in [3.05, 3.63) is 50.6 Å². The van der Waals surface area contributed by atoms with Crippen LogP contribution >= 0.6 is 27.2 Å². The van der Waals surface area contributed by atoms with E-state index in [1.54, 1.807) is 34.6 Å². The molecule has 0 aromatic carbocycles. The number of alkyl halides is 4. The number of anilines is 4. The molecule has 8 aromatic heterocycles. The number of methoxy groups -OCH3 is 1. The minimum atomic E-state index is -4.92. The van der Waals surface area contributed by atoms with E-state index in [0.717, 1.165) is 17.2 Å². The number of carbonyl (C=O) groups excluding carboxylic acids is 4. The predicted octanol–water partition coefficient (Wildman–Crippen LogP) is 2.53. The molecule has 6 saturated heterocycles. The molecule has 6 aliphatic heterocycles. The van der Waals surface area contributed by atoms with Crippen LogP contribution in [-0.4, -0.2) is 326 Å². The number of halogens is 4. The van der Waals surface area contributed by atoms with Crippen LogP contribution in [0.15, 0.2) is 50.6 Å². The largest absolute Gasteiger partial charge is 0.510 e. The second-order valence-corrected chi connectivity index (χ2v) is 34.6. The van der Waals surface area contributed by atoms with Crippen molar-refractivity contribution in [1.29, 1.82) is 0 Å². The molecule has 0 aliphatic carbocycles. The van der Waals surface area contributed by atoms with Crippen molar-refractivity contribution in [2.24, 2.45) is 0 Å². The summed E-state index contributed by atoms with van der Waals surface area (Å²) in [7, 11) is -8.30. The number of nitrogens with two attached hydrogens (primary N) is 4. The molecule has 14 rings (SSSR count).